The lowest BCUT2D eigenvalue weighted by Crippen LogP contribution is -2.52. The second-order valence-corrected chi connectivity index (χ2v) is 6.63. The second-order valence-electron chi connectivity index (χ2n) is 4.96. The van der Waals surface area contributed by atoms with Crippen molar-refractivity contribution in [2.24, 2.45) is 5.92 Å². The summed E-state index contributed by atoms with van der Waals surface area (Å²) >= 11 is 6.21. The summed E-state index contributed by atoms with van der Waals surface area (Å²) in [5.41, 5.74) is 0. The molecule has 0 radical (unpaired) electrons. The number of hydrogen-bond acceptors (Lipinski definition) is 6. The predicted molar refractivity (Wildman–Crippen MR) is 86.5 cm³/mol. The van der Waals surface area contributed by atoms with Crippen molar-refractivity contribution in [1.82, 2.24) is 4.90 Å². The molecule has 1 aliphatic heterocycles. The highest BCUT2D eigenvalue weighted by atomic mass is 32.2. The third-order valence-corrected chi connectivity index (χ3v) is 4.37. The fourth-order valence-corrected chi connectivity index (χ4v) is 3.31. The van der Waals surface area contributed by atoms with E-state index in [4.69, 9.17) is 16.6 Å². The van der Waals surface area contributed by atoms with Crippen molar-refractivity contribution in [2.45, 2.75) is 19.9 Å². The van der Waals surface area contributed by atoms with E-state index in [1.54, 1.807) is 50.5 Å². The molecular weight excluding hydrogens is 322 g/mol. The highest BCUT2D eigenvalue weighted by molar-refractivity contribution is 8.26. The summed E-state index contributed by atoms with van der Waals surface area (Å²) in [6.07, 6.45) is 6.50. The zero-order chi connectivity index (χ0) is 16.3. The summed E-state index contributed by atoms with van der Waals surface area (Å²) in [6, 6.07) is 2.47. The number of rotatable bonds is 5. The van der Waals surface area contributed by atoms with Crippen LogP contribution in [0.1, 0.15) is 19.6 Å². The van der Waals surface area contributed by atoms with E-state index in [0.717, 1.165) is 16.7 Å². The number of carboxylic acids is 1. The fraction of sp³-hybridized carbons (Fsp3) is 0.267. The molecule has 1 aromatic rings. The summed E-state index contributed by atoms with van der Waals surface area (Å²) in [5, 5.41) is 11.3. The van der Waals surface area contributed by atoms with Crippen molar-refractivity contribution >= 4 is 46.3 Å². The van der Waals surface area contributed by atoms with Gasteiger partial charge >= 0.3 is 0 Å². The molecule has 0 bridgehead atoms. The molecular formula is C15H14NO4S2-. The van der Waals surface area contributed by atoms with E-state index in [9.17, 15) is 14.7 Å². The first-order valence-electron chi connectivity index (χ1n) is 6.60. The number of carbonyl (C=O) groups excluding carboxylic acids is 2. The molecule has 22 heavy (non-hydrogen) atoms. The molecule has 0 spiro atoms. The Labute approximate surface area is 137 Å². The maximum atomic E-state index is 12.4. The van der Waals surface area contributed by atoms with Crippen LogP contribution in [0.2, 0.25) is 0 Å². The van der Waals surface area contributed by atoms with Gasteiger partial charge in [0.05, 0.1) is 23.2 Å². The molecule has 1 aliphatic rings. The van der Waals surface area contributed by atoms with E-state index < -0.39 is 17.9 Å². The molecule has 0 unspecified atom stereocenters. The van der Waals surface area contributed by atoms with Crippen LogP contribution in [0, 0.1) is 5.92 Å². The van der Waals surface area contributed by atoms with E-state index >= 15 is 0 Å². The number of carbonyl (C=O) groups is 2. The van der Waals surface area contributed by atoms with Crippen LogP contribution in [0.5, 0.6) is 0 Å². The van der Waals surface area contributed by atoms with Gasteiger partial charge in [-0.2, -0.15) is 0 Å². The standard InChI is InChI=1S/C15H15NO4S2/c1-9(2)12(14(18)19)16-13(17)11(22-15(16)21)7-3-5-10-6-4-8-20-10/h3-9,12H,1-2H3,(H,18,19)/p-1/b5-3+,11-7-/t12-/m1/s1. The number of carboxylic acid groups (broad SMARTS) is 1. The van der Waals surface area contributed by atoms with Crippen LogP contribution < -0.4 is 5.11 Å². The third-order valence-electron chi connectivity index (χ3n) is 3.03. The molecule has 2 heterocycles. The first-order valence-corrected chi connectivity index (χ1v) is 7.82. The molecule has 1 saturated heterocycles. The SMILES string of the molecule is CC(C)[C@H](C(=O)[O-])N1C(=O)/C(=C/C=C/c2ccco2)SC1=S. The highest BCUT2D eigenvalue weighted by Gasteiger charge is 2.38. The Balaban J connectivity index is 2.19. The normalized spacial score (nSPS) is 18.9. The van der Waals surface area contributed by atoms with Gasteiger partial charge in [-0.25, -0.2) is 0 Å². The Morgan fingerprint density at radius 1 is 1.50 bits per heavy atom. The molecule has 7 heteroatoms. The number of hydrogen-bond donors (Lipinski definition) is 0. The lowest BCUT2D eigenvalue weighted by Gasteiger charge is -2.30. The summed E-state index contributed by atoms with van der Waals surface area (Å²) in [6.45, 7) is 3.42. The number of allylic oxidation sites excluding steroid dienone is 2. The van der Waals surface area contributed by atoms with Crippen molar-refractivity contribution in [2.75, 3.05) is 0 Å². The smallest absolute Gasteiger partial charge is 0.266 e. The van der Waals surface area contributed by atoms with Crippen LogP contribution in [-0.4, -0.2) is 27.1 Å². The molecule has 116 valence electrons. The van der Waals surface area contributed by atoms with Gasteiger partial charge in [-0.1, -0.05) is 43.9 Å². The summed E-state index contributed by atoms with van der Waals surface area (Å²) in [5.74, 6) is -1.37. The van der Waals surface area contributed by atoms with Gasteiger partial charge in [0.2, 0.25) is 0 Å². The number of nitrogens with zero attached hydrogens (tertiary/aromatic N) is 1. The predicted octanol–water partition coefficient (Wildman–Crippen LogP) is 1.81. The molecule has 0 aliphatic carbocycles. The van der Waals surface area contributed by atoms with Crippen LogP contribution in [0.3, 0.4) is 0 Å². The van der Waals surface area contributed by atoms with Gasteiger partial charge in [0.25, 0.3) is 5.91 Å². The van der Waals surface area contributed by atoms with Crippen LogP contribution in [0.15, 0.2) is 39.9 Å². The zero-order valence-electron chi connectivity index (χ0n) is 12.0. The minimum absolute atomic E-state index is 0.227. The average molecular weight is 336 g/mol. The van der Waals surface area contributed by atoms with Crippen LogP contribution >= 0.6 is 24.0 Å². The van der Waals surface area contributed by atoms with Gasteiger partial charge < -0.3 is 14.3 Å². The molecule has 0 N–H and O–H groups in total. The fourth-order valence-electron chi connectivity index (χ4n) is 2.03. The highest BCUT2D eigenvalue weighted by Crippen LogP contribution is 2.34. The van der Waals surface area contributed by atoms with E-state index in [1.807, 2.05) is 0 Å². The van der Waals surface area contributed by atoms with Gasteiger partial charge in [-0.15, -0.1) is 0 Å². The quantitative estimate of drug-likeness (QED) is 0.603. The minimum Gasteiger partial charge on any atom is -0.548 e. The minimum atomic E-state index is -1.31. The maximum Gasteiger partial charge on any atom is 0.266 e. The van der Waals surface area contributed by atoms with E-state index in [-0.39, 0.29) is 10.2 Å². The van der Waals surface area contributed by atoms with Gasteiger partial charge in [0.15, 0.2) is 0 Å². The van der Waals surface area contributed by atoms with E-state index in [0.29, 0.717) is 10.7 Å². The molecule has 0 aromatic carbocycles. The van der Waals surface area contributed by atoms with Crippen molar-refractivity contribution in [3.05, 3.63) is 41.2 Å². The number of thioether (sulfide) groups is 1. The molecule has 1 aromatic heterocycles. The first kappa shape index (κ1) is 16.5. The van der Waals surface area contributed by atoms with E-state index in [2.05, 4.69) is 0 Å². The number of thiocarbonyl (C=S) groups is 1. The Hall–Kier alpha value is -1.86. The molecule has 1 fully saturated rings. The van der Waals surface area contributed by atoms with Crippen LogP contribution in [0.25, 0.3) is 6.08 Å². The van der Waals surface area contributed by atoms with Crippen molar-refractivity contribution in [3.8, 4) is 0 Å². The molecule has 2 rings (SSSR count). The average Bonchev–Trinajstić information content (AvgIpc) is 3.02. The van der Waals surface area contributed by atoms with Gasteiger partial charge in [-0.05, 0) is 30.2 Å². The molecule has 5 nitrogen and oxygen atoms in total. The molecule has 1 amide bonds. The van der Waals surface area contributed by atoms with Crippen molar-refractivity contribution in [1.29, 1.82) is 0 Å². The maximum absolute atomic E-state index is 12.4. The topological polar surface area (TPSA) is 73.6 Å². The number of furan rings is 1. The van der Waals surface area contributed by atoms with Gasteiger partial charge in [0.1, 0.15) is 10.1 Å². The Morgan fingerprint density at radius 3 is 2.77 bits per heavy atom. The zero-order valence-corrected chi connectivity index (χ0v) is 13.6. The van der Waals surface area contributed by atoms with Gasteiger partial charge in [-0.3, -0.25) is 9.69 Å². The van der Waals surface area contributed by atoms with Crippen LogP contribution in [-0.2, 0) is 9.59 Å². The summed E-state index contributed by atoms with van der Waals surface area (Å²) in [7, 11) is 0. The number of aliphatic carboxylic acids is 1. The Bertz CT molecular complexity index is 647. The van der Waals surface area contributed by atoms with Crippen molar-refractivity contribution < 1.29 is 19.1 Å². The second kappa shape index (κ2) is 6.93. The Kier molecular flexibility index (Phi) is 5.20. The lowest BCUT2D eigenvalue weighted by atomic mass is 10.0. The number of amides is 1. The summed E-state index contributed by atoms with van der Waals surface area (Å²) in [4.78, 5) is 25.1. The summed E-state index contributed by atoms with van der Waals surface area (Å²) < 4.78 is 5.37. The van der Waals surface area contributed by atoms with Crippen molar-refractivity contribution in [3.63, 3.8) is 0 Å². The third kappa shape index (κ3) is 3.48. The van der Waals surface area contributed by atoms with E-state index in [1.165, 1.54) is 0 Å². The van der Waals surface area contributed by atoms with Crippen LogP contribution in [0.4, 0.5) is 0 Å². The Morgan fingerprint density at radius 2 is 2.23 bits per heavy atom. The van der Waals surface area contributed by atoms with Gasteiger partial charge in [0, 0.05) is 0 Å². The molecule has 0 saturated carbocycles. The first-order chi connectivity index (χ1) is 10.4. The largest absolute Gasteiger partial charge is 0.548 e. The lowest BCUT2D eigenvalue weighted by molar-refractivity contribution is -0.311. The monoisotopic (exact) mass is 336 g/mol. The molecule has 1 atom stereocenters.